The molecule has 0 spiro atoms. The number of ketones is 1. The molecule has 1 aliphatic rings. The molecule has 1 aliphatic heterocycles. The van der Waals surface area contributed by atoms with Gasteiger partial charge < -0.3 is 9.64 Å². The van der Waals surface area contributed by atoms with Crippen molar-refractivity contribution >= 4 is 28.4 Å². The molecule has 0 amide bonds. The van der Waals surface area contributed by atoms with Crippen molar-refractivity contribution in [1.82, 2.24) is 4.90 Å². The monoisotopic (exact) mass is 354 g/mol. The third-order valence-corrected chi connectivity index (χ3v) is 4.98. The topological polar surface area (TPSA) is 41.9 Å². The molecule has 2 aromatic rings. The van der Waals surface area contributed by atoms with Crippen molar-refractivity contribution in [2.24, 2.45) is 4.99 Å². The molecule has 0 aromatic heterocycles. The maximum Gasteiger partial charge on any atom is 0.173 e. The van der Waals surface area contributed by atoms with Crippen molar-refractivity contribution in [3.05, 3.63) is 65.7 Å². The number of amidine groups is 1. The molecule has 1 heterocycles. The fourth-order valence-corrected chi connectivity index (χ4v) is 3.48. The Labute approximate surface area is 152 Å². The fourth-order valence-electron chi connectivity index (χ4n) is 2.51. The van der Waals surface area contributed by atoms with Crippen molar-refractivity contribution in [3.63, 3.8) is 0 Å². The van der Waals surface area contributed by atoms with E-state index in [1.807, 2.05) is 61.5 Å². The highest BCUT2D eigenvalue weighted by Gasteiger charge is 2.17. The maximum atomic E-state index is 12.5. The van der Waals surface area contributed by atoms with Crippen LogP contribution in [-0.2, 0) is 4.74 Å². The Hall–Kier alpha value is -2.11. The van der Waals surface area contributed by atoms with Crippen LogP contribution in [0.5, 0.6) is 0 Å². The second-order valence-corrected chi connectivity index (χ2v) is 6.85. The molecule has 0 bridgehead atoms. The largest absolute Gasteiger partial charge is 0.378 e. The van der Waals surface area contributed by atoms with Gasteiger partial charge in [0.1, 0.15) is 0 Å². The summed E-state index contributed by atoms with van der Waals surface area (Å²) < 4.78 is 5.43. The molecule has 0 N–H and O–H groups in total. The third kappa shape index (κ3) is 5.18. The van der Waals surface area contributed by atoms with Gasteiger partial charge in [-0.3, -0.25) is 4.79 Å². The summed E-state index contributed by atoms with van der Waals surface area (Å²) in [5, 5.41) is 0.884. The van der Waals surface area contributed by atoms with Crippen LogP contribution in [-0.4, -0.2) is 47.9 Å². The van der Waals surface area contributed by atoms with Gasteiger partial charge in [-0.1, -0.05) is 59.8 Å². The lowest BCUT2D eigenvalue weighted by atomic mass is 10.1. The van der Waals surface area contributed by atoms with Gasteiger partial charge in [0.15, 0.2) is 11.0 Å². The summed E-state index contributed by atoms with van der Waals surface area (Å²) >= 11 is 1.50. The third-order valence-electron chi connectivity index (χ3n) is 3.97. The first-order valence-electron chi connectivity index (χ1n) is 8.41. The van der Waals surface area contributed by atoms with Crippen LogP contribution in [0.1, 0.15) is 15.9 Å². The number of rotatable bonds is 4. The smallest absolute Gasteiger partial charge is 0.173 e. The second-order valence-electron chi connectivity index (χ2n) is 5.91. The SMILES string of the molecule is Cc1ccc(C(=O)CSC(=Nc2ccccc2)N2CCOCC2)cc1. The summed E-state index contributed by atoms with van der Waals surface area (Å²) in [4.78, 5) is 19.4. The van der Waals surface area contributed by atoms with E-state index in [0.717, 1.165) is 35.1 Å². The number of para-hydroxylation sites is 1. The summed E-state index contributed by atoms with van der Waals surface area (Å²) in [5.41, 5.74) is 2.81. The van der Waals surface area contributed by atoms with E-state index in [9.17, 15) is 4.79 Å². The van der Waals surface area contributed by atoms with Gasteiger partial charge in [-0.25, -0.2) is 4.99 Å². The summed E-state index contributed by atoms with van der Waals surface area (Å²) in [6.45, 7) is 5.02. The number of nitrogens with zero attached hydrogens (tertiary/aromatic N) is 2. The van der Waals surface area contributed by atoms with Crippen LogP contribution >= 0.6 is 11.8 Å². The van der Waals surface area contributed by atoms with Gasteiger partial charge in [-0.05, 0) is 19.1 Å². The summed E-state index contributed by atoms with van der Waals surface area (Å²) in [6, 6.07) is 17.6. The number of Topliss-reactive ketones (excluding diaryl/α,β-unsaturated/α-hetero) is 1. The van der Waals surface area contributed by atoms with E-state index < -0.39 is 0 Å². The number of benzene rings is 2. The zero-order valence-electron chi connectivity index (χ0n) is 14.4. The number of thioether (sulfide) groups is 1. The van der Waals surface area contributed by atoms with Crippen LogP contribution in [0.2, 0.25) is 0 Å². The minimum absolute atomic E-state index is 0.124. The van der Waals surface area contributed by atoms with Crippen LogP contribution in [0, 0.1) is 6.92 Å². The molecule has 1 saturated heterocycles. The highest BCUT2D eigenvalue weighted by molar-refractivity contribution is 8.14. The van der Waals surface area contributed by atoms with Gasteiger partial charge >= 0.3 is 0 Å². The van der Waals surface area contributed by atoms with E-state index >= 15 is 0 Å². The first kappa shape index (κ1) is 17.7. The molecule has 0 atom stereocenters. The van der Waals surface area contributed by atoms with Gasteiger partial charge in [0.2, 0.25) is 0 Å². The molecule has 2 aromatic carbocycles. The number of hydrogen-bond donors (Lipinski definition) is 0. The van der Waals surface area contributed by atoms with Crippen LogP contribution in [0.4, 0.5) is 5.69 Å². The molecular weight excluding hydrogens is 332 g/mol. The van der Waals surface area contributed by atoms with Gasteiger partial charge in [0, 0.05) is 18.7 Å². The van der Waals surface area contributed by atoms with Crippen LogP contribution in [0.25, 0.3) is 0 Å². The standard InChI is InChI=1S/C20H22N2O2S/c1-16-7-9-17(10-8-16)19(23)15-25-20(22-11-13-24-14-12-22)21-18-5-3-2-4-6-18/h2-10H,11-15H2,1H3. The Morgan fingerprint density at radius 1 is 1.08 bits per heavy atom. The van der Waals surface area contributed by atoms with Gasteiger partial charge in [-0.2, -0.15) is 0 Å². The maximum absolute atomic E-state index is 12.5. The van der Waals surface area contributed by atoms with Gasteiger partial charge in [0.05, 0.1) is 24.7 Å². The van der Waals surface area contributed by atoms with Crippen molar-refractivity contribution in [1.29, 1.82) is 0 Å². The number of aryl methyl sites for hydroxylation is 1. The Morgan fingerprint density at radius 3 is 2.44 bits per heavy atom. The molecule has 5 heteroatoms. The lowest BCUT2D eigenvalue weighted by Crippen LogP contribution is -2.39. The molecule has 0 aliphatic carbocycles. The highest BCUT2D eigenvalue weighted by atomic mass is 32.2. The van der Waals surface area contributed by atoms with Crippen LogP contribution in [0.3, 0.4) is 0 Å². The van der Waals surface area contributed by atoms with E-state index in [0.29, 0.717) is 19.0 Å². The summed E-state index contributed by atoms with van der Waals surface area (Å²) in [7, 11) is 0. The average Bonchev–Trinajstić information content (AvgIpc) is 2.67. The average molecular weight is 354 g/mol. The van der Waals surface area contributed by atoms with Crippen molar-refractivity contribution < 1.29 is 9.53 Å². The number of ether oxygens (including phenoxy) is 1. The summed E-state index contributed by atoms with van der Waals surface area (Å²) in [5.74, 6) is 0.505. The molecule has 3 rings (SSSR count). The minimum Gasteiger partial charge on any atom is -0.378 e. The molecule has 0 radical (unpaired) electrons. The van der Waals surface area contributed by atoms with Crippen LogP contribution < -0.4 is 0 Å². The normalized spacial score (nSPS) is 15.2. The van der Waals surface area contributed by atoms with E-state index in [2.05, 4.69) is 4.90 Å². The molecule has 0 saturated carbocycles. The van der Waals surface area contributed by atoms with Crippen molar-refractivity contribution in [3.8, 4) is 0 Å². The first-order chi connectivity index (χ1) is 12.2. The Balaban J connectivity index is 1.72. The second kappa shape index (κ2) is 8.83. The minimum atomic E-state index is 0.124. The molecular formula is C20H22N2O2S. The predicted molar refractivity (Wildman–Crippen MR) is 104 cm³/mol. The lowest BCUT2D eigenvalue weighted by molar-refractivity contribution is 0.0694. The molecule has 0 unspecified atom stereocenters. The summed E-state index contributed by atoms with van der Waals surface area (Å²) in [6.07, 6.45) is 0. The van der Waals surface area contributed by atoms with E-state index in [4.69, 9.17) is 9.73 Å². The molecule has 130 valence electrons. The zero-order valence-corrected chi connectivity index (χ0v) is 15.2. The van der Waals surface area contributed by atoms with Crippen molar-refractivity contribution in [2.75, 3.05) is 32.1 Å². The predicted octanol–water partition coefficient (Wildman–Crippen LogP) is 3.93. The van der Waals surface area contributed by atoms with Crippen molar-refractivity contribution in [2.45, 2.75) is 6.92 Å². The first-order valence-corrected chi connectivity index (χ1v) is 9.40. The number of aliphatic imine (C=N–C) groups is 1. The number of carbonyl (C=O) groups is 1. The quantitative estimate of drug-likeness (QED) is 0.474. The Kier molecular flexibility index (Phi) is 6.25. The number of hydrogen-bond acceptors (Lipinski definition) is 4. The highest BCUT2D eigenvalue weighted by Crippen LogP contribution is 2.19. The van der Waals surface area contributed by atoms with Gasteiger partial charge in [-0.15, -0.1) is 0 Å². The fraction of sp³-hybridized carbons (Fsp3) is 0.300. The molecule has 4 nitrogen and oxygen atoms in total. The molecule has 1 fully saturated rings. The van der Waals surface area contributed by atoms with E-state index in [-0.39, 0.29) is 5.78 Å². The Morgan fingerprint density at radius 2 is 1.76 bits per heavy atom. The number of morpholine rings is 1. The zero-order chi connectivity index (χ0) is 17.5. The van der Waals surface area contributed by atoms with Gasteiger partial charge in [0.25, 0.3) is 0 Å². The lowest BCUT2D eigenvalue weighted by Gasteiger charge is -2.29. The van der Waals surface area contributed by atoms with E-state index in [1.165, 1.54) is 11.8 Å². The molecule has 25 heavy (non-hydrogen) atoms. The number of carbonyl (C=O) groups excluding carboxylic acids is 1. The van der Waals surface area contributed by atoms with E-state index in [1.54, 1.807) is 0 Å². The van der Waals surface area contributed by atoms with Crippen LogP contribution in [0.15, 0.2) is 59.6 Å². The Bertz CT molecular complexity index is 723.